The molecule has 0 amide bonds. The van der Waals surface area contributed by atoms with Crippen molar-refractivity contribution in [2.45, 2.75) is 13.0 Å². The van der Waals surface area contributed by atoms with Gasteiger partial charge in [0.25, 0.3) is 5.69 Å². The van der Waals surface area contributed by atoms with Gasteiger partial charge in [-0.3, -0.25) is 10.1 Å². The highest BCUT2D eigenvalue weighted by Gasteiger charge is 2.26. The Morgan fingerprint density at radius 1 is 1.63 bits per heavy atom. The van der Waals surface area contributed by atoms with Crippen molar-refractivity contribution >= 4 is 27.3 Å². The van der Waals surface area contributed by atoms with E-state index < -0.39 is 4.92 Å². The van der Waals surface area contributed by atoms with E-state index in [1.165, 1.54) is 6.07 Å². The Balaban J connectivity index is 2.39. The summed E-state index contributed by atoms with van der Waals surface area (Å²) in [6.07, 6.45) is 0. The Hall–Kier alpha value is -1.18. The maximum atomic E-state index is 10.9. The second-order valence-electron chi connectivity index (χ2n) is 4.45. The first-order chi connectivity index (χ1) is 9.04. The predicted octanol–water partition coefficient (Wildman–Crippen LogP) is 1.86. The van der Waals surface area contributed by atoms with Crippen LogP contribution in [-0.4, -0.2) is 42.4 Å². The zero-order chi connectivity index (χ0) is 14.0. The van der Waals surface area contributed by atoms with Crippen LogP contribution < -0.4 is 4.90 Å². The van der Waals surface area contributed by atoms with Crippen LogP contribution in [0.2, 0.25) is 0 Å². The molecule has 0 spiro atoms. The van der Waals surface area contributed by atoms with Crippen LogP contribution in [-0.2, 0) is 4.74 Å². The molecule has 104 valence electrons. The molecule has 2 rings (SSSR count). The summed E-state index contributed by atoms with van der Waals surface area (Å²) >= 11 is 3.37. The highest BCUT2D eigenvalue weighted by molar-refractivity contribution is 9.10. The molecule has 6 nitrogen and oxygen atoms in total. The van der Waals surface area contributed by atoms with Crippen LogP contribution in [0.15, 0.2) is 16.6 Å². The van der Waals surface area contributed by atoms with Crippen molar-refractivity contribution in [3.63, 3.8) is 0 Å². The van der Waals surface area contributed by atoms with Crippen LogP contribution in [0, 0.1) is 17.0 Å². The summed E-state index contributed by atoms with van der Waals surface area (Å²) in [5.74, 6) is 0. The van der Waals surface area contributed by atoms with Crippen molar-refractivity contribution in [2.24, 2.45) is 0 Å². The number of ether oxygens (including phenoxy) is 1. The van der Waals surface area contributed by atoms with E-state index in [0.717, 1.165) is 5.69 Å². The molecule has 7 heteroatoms. The average molecular weight is 331 g/mol. The molecule has 1 aliphatic heterocycles. The SMILES string of the molecule is Cc1cc(N2CCOCC2CO)c(Br)cc1[N+](=O)[O-]. The highest BCUT2D eigenvalue weighted by Crippen LogP contribution is 2.34. The number of hydrogen-bond donors (Lipinski definition) is 1. The fourth-order valence-corrected chi connectivity index (χ4v) is 2.75. The average Bonchev–Trinajstić information content (AvgIpc) is 2.40. The molecular weight excluding hydrogens is 316 g/mol. The fraction of sp³-hybridized carbons (Fsp3) is 0.500. The van der Waals surface area contributed by atoms with E-state index >= 15 is 0 Å². The number of nitro benzene ring substituents is 1. The number of aryl methyl sites for hydroxylation is 1. The first-order valence-electron chi connectivity index (χ1n) is 5.94. The third kappa shape index (κ3) is 2.88. The van der Waals surface area contributed by atoms with E-state index in [-0.39, 0.29) is 18.3 Å². The van der Waals surface area contributed by atoms with E-state index in [0.29, 0.717) is 29.8 Å². The molecular formula is C12H15BrN2O4. The molecule has 1 atom stereocenters. The lowest BCUT2D eigenvalue weighted by molar-refractivity contribution is -0.385. The molecule has 1 heterocycles. The Morgan fingerprint density at radius 3 is 3.00 bits per heavy atom. The van der Waals surface area contributed by atoms with Gasteiger partial charge in [-0.25, -0.2) is 0 Å². The maximum absolute atomic E-state index is 10.9. The van der Waals surface area contributed by atoms with Crippen molar-refractivity contribution in [2.75, 3.05) is 31.3 Å². The Labute approximate surface area is 119 Å². The van der Waals surface area contributed by atoms with Gasteiger partial charge in [-0.1, -0.05) is 0 Å². The largest absolute Gasteiger partial charge is 0.394 e. The van der Waals surface area contributed by atoms with Crippen molar-refractivity contribution in [3.8, 4) is 0 Å². The first kappa shape index (κ1) is 14.2. The molecule has 0 radical (unpaired) electrons. The summed E-state index contributed by atoms with van der Waals surface area (Å²) in [5, 5.41) is 20.3. The van der Waals surface area contributed by atoms with Crippen LogP contribution in [0.1, 0.15) is 5.56 Å². The van der Waals surface area contributed by atoms with Crippen LogP contribution in [0.25, 0.3) is 0 Å². The van der Waals surface area contributed by atoms with Crippen LogP contribution in [0.4, 0.5) is 11.4 Å². The number of nitrogens with zero attached hydrogens (tertiary/aromatic N) is 2. The van der Waals surface area contributed by atoms with Gasteiger partial charge < -0.3 is 14.7 Å². The van der Waals surface area contributed by atoms with Crippen LogP contribution in [0.3, 0.4) is 0 Å². The summed E-state index contributed by atoms with van der Waals surface area (Å²) in [4.78, 5) is 12.5. The lowest BCUT2D eigenvalue weighted by Crippen LogP contribution is -2.47. The van der Waals surface area contributed by atoms with Gasteiger partial charge in [0.2, 0.25) is 0 Å². The molecule has 1 fully saturated rings. The minimum absolute atomic E-state index is 0.0114. The lowest BCUT2D eigenvalue weighted by atomic mass is 10.1. The molecule has 1 aromatic carbocycles. The molecule has 1 aromatic rings. The van der Waals surface area contributed by atoms with E-state index in [2.05, 4.69) is 15.9 Å². The number of hydrogen-bond acceptors (Lipinski definition) is 5. The summed E-state index contributed by atoms with van der Waals surface area (Å²) < 4.78 is 5.99. The van der Waals surface area contributed by atoms with E-state index in [4.69, 9.17) is 4.74 Å². The van der Waals surface area contributed by atoms with Gasteiger partial charge in [0.05, 0.1) is 36.5 Å². The monoisotopic (exact) mass is 330 g/mol. The number of anilines is 1. The fourth-order valence-electron chi connectivity index (χ4n) is 2.20. The Kier molecular flexibility index (Phi) is 4.38. The maximum Gasteiger partial charge on any atom is 0.273 e. The quantitative estimate of drug-likeness (QED) is 0.676. The van der Waals surface area contributed by atoms with Gasteiger partial charge in [0.15, 0.2) is 0 Å². The van der Waals surface area contributed by atoms with Gasteiger partial charge in [-0.05, 0) is 28.9 Å². The summed E-state index contributed by atoms with van der Waals surface area (Å²) in [7, 11) is 0. The van der Waals surface area contributed by atoms with Gasteiger partial charge in [-0.15, -0.1) is 0 Å². The Bertz CT molecular complexity index is 495. The van der Waals surface area contributed by atoms with Crippen LogP contribution in [0.5, 0.6) is 0 Å². The molecule has 1 aliphatic rings. The molecule has 0 aliphatic carbocycles. The summed E-state index contributed by atoms with van der Waals surface area (Å²) in [6.45, 7) is 3.39. The zero-order valence-electron chi connectivity index (χ0n) is 10.5. The van der Waals surface area contributed by atoms with Crippen molar-refractivity contribution in [1.29, 1.82) is 0 Å². The number of rotatable bonds is 3. The van der Waals surface area contributed by atoms with Gasteiger partial charge in [-0.2, -0.15) is 0 Å². The standard InChI is InChI=1S/C12H15BrN2O4/c1-8-4-12(10(13)5-11(8)15(17)18)14-2-3-19-7-9(14)6-16/h4-5,9,16H,2-3,6-7H2,1H3. The smallest absolute Gasteiger partial charge is 0.273 e. The number of nitro groups is 1. The first-order valence-corrected chi connectivity index (χ1v) is 6.73. The topological polar surface area (TPSA) is 75.8 Å². The highest BCUT2D eigenvalue weighted by atomic mass is 79.9. The van der Waals surface area contributed by atoms with E-state index in [9.17, 15) is 15.2 Å². The van der Waals surface area contributed by atoms with Crippen LogP contribution >= 0.6 is 15.9 Å². The molecule has 19 heavy (non-hydrogen) atoms. The number of aliphatic hydroxyl groups is 1. The molecule has 1 saturated heterocycles. The van der Waals surface area contributed by atoms with Gasteiger partial charge in [0, 0.05) is 22.6 Å². The van der Waals surface area contributed by atoms with E-state index in [1.54, 1.807) is 13.0 Å². The zero-order valence-corrected chi connectivity index (χ0v) is 12.1. The number of halogens is 1. The molecule has 0 aromatic heterocycles. The van der Waals surface area contributed by atoms with Gasteiger partial charge >= 0.3 is 0 Å². The van der Waals surface area contributed by atoms with Crippen molar-refractivity contribution in [3.05, 3.63) is 32.3 Å². The lowest BCUT2D eigenvalue weighted by Gasteiger charge is -2.37. The van der Waals surface area contributed by atoms with E-state index in [1.807, 2.05) is 4.90 Å². The van der Waals surface area contributed by atoms with Crippen molar-refractivity contribution in [1.82, 2.24) is 0 Å². The molecule has 1 unspecified atom stereocenters. The summed E-state index contributed by atoms with van der Waals surface area (Å²) in [6, 6.07) is 3.16. The number of aliphatic hydroxyl groups excluding tert-OH is 1. The predicted molar refractivity (Wildman–Crippen MR) is 74.6 cm³/mol. The molecule has 0 bridgehead atoms. The number of benzene rings is 1. The molecule has 0 saturated carbocycles. The second-order valence-corrected chi connectivity index (χ2v) is 5.31. The number of morpholine rings is 1. The third-order valence-electron chi connectivity index (χ3n) is 3.21. The summed E-state index contributed by atoms with van der Waals surface area (Å²) in [5.41, 5.74) is 1.54. The van der Waals surface area contributed by atoms with Crippen molar-refractivity contribution < 1.29 is 14.8 Å². The minimum Gasteiger partial charge on any atom is -0.394 e. The van der Waals surface area contributed by atoms with Gasteiger partial charge in [0.1, 0.15) is 0 Å². The Morgan fingerprint density at radius 2 is 2.37 bits per heavy atom. The normalized spacial score (nSPS) is 19.5. The second kappa shape index (κ2) is 5.85. The third-order valence-corrected chi connectivity index (χ3v) is 3.84. The minimum atomic E-state index is -0.396. The molecule has 1 N–H and O–H groups in total.